The van der Waals surface area contributed by atoms with Crippen molar-refractivity contribution in [3.63, 3.8) is 0 Å². The molecule has 1 atom stereocenters. The quantitative estimate of drug-likeness (QED) is 0.902. The largest absolute Gasteiger partial charge is 0.503 e. The van der Waals surface area contributed by atoms with E-state index in [9.17, 15) is 18.4 Å². The molecule has 24 heavy (non-hydrogen) atoms. The number of ketones is 1. The summed E-state index contributed by atoms with van der Waals surface area (Å²) in [6.07, 6.45) is 0.553. The summed E-state index contributed by atoms with van der Waals surface area (Å²) in [7, 11) is 0. The van der Waals surface area contributed by atoms with Gasteiger partial charge >= 0.3 is 5.97 Å². The average molecular weight is 333 g/mol. The number of aliphatic carboxylic acids is 1. The number of hydrogen-bond donors (Lipinski definition) is 2. The second-order valence-electron chi connectivity index (χ2n) is 5.68. The molecule has 1 aromatic carbocycles. The number of Topliss-reactive ketones (excluding diaryl/α,β-unsaturated/α-hetero) is 1. The first-order valence-electron chi connectivity index (χ1n) is 7.31. The van der Waals surface area contributed by atoms with E-state index in [1.54, 1.807) is 0 Å². The summed E-state index contributed by atoms with van der Waals surface area (Å²) >= 11 is 0. The third-order valence-corrected chi connectivity index (χ3v) is 4.07. The molecular formula is C17H13F2NO4. The van der Waals surface area contributed by atoms with E-state index in [2.05, 4.69) is 4.98 Å². The van der Waals surface area contributed by atoms with Gasteiger partial charge in [0.1, 0.15) is 0 Å². The highest BCUT2D eigenvalue weighted by Crippen LogP contribution is 2.31. The Morgan fingerprint density at radius 1 is 1.25 bits per heavy atom. The lowest BCUT2D eigenvalue weighted by atomic mass is 9.83. The first-order valence-corrected chi connectivity index (χ1v) is 7.31. The van der Waals surface area contributed by atoms with Gasteiger partial charge in [0.05, 0.1) is 17.8 Å². The van der Waals surface area contributed by atoms with E-state index in [4.69, 9.17) is 10.2 Å². The van der Waals surface area contributed by atoms with E-state index in [1.807, 2.05) is 0 Å². The fourth-order valence-corrected chi connectivity index (χ4v) is 2.86. The van der Waals surface area contributed by atoms with Gasteiger partial charge in [-0.1, -0.05) is 0 Å². The van der Waals surface area contributed by atoms with Crippen LogP contribution in [0.15, 0.2) is 24.3 Å². The Bertz CT molecular complexity index is 827. The van der Waals surface area contributed by atoms with Crippen LogP contribution in [0.25, 0.3) is 11.3 Å². The van der Waals surface area contributed by atoms with Crippen molar-refractivity contribution >= 4 is 11.8 Å². The van der Waals surface area contributed by atoms with Gasteiger partial charge in [-0.15, -0.1) is 0 Å². The van der Waals surface area contributed by atoms with Crippen LogP contribution >= 0.6 is 0 Å². The Morgan fingerprint density at radius 2 is 1.92 bits per heavy atom. The van der Waals surface area contributed by atoms with Gasteiger partial charge in [0, 0.05) is 17.0 Å². The van der Waals surface area contributed by atoms with Crippen molar-refractivity contribution < 1.29 is 28.6 Å². The molecule has 0 amide bonds. The number of rotatable bonds is 3. The molecule has 7 heteroatoms. The molecule has 1 heterocycles. The lowest BCUT2D eigenvalue weighted by molar-refractivity contribution is -0.137. The van der Waals surface area contributed by atoms with Crippen LogP contribution in [-0.4, -0.2) is 26.9 Å². The number of nitrogens with zero attached hydrogens (tertiary/aromatic N) is 1. The molecule has 1 aliphatic carbocycles. The van der Waals surface area contributed by atoms with Crippen molar-refractivity contribution in [1.82, 2.24) is 4.98 Å². The number of carboxylic acids is 1. The molecule has 3 rings (SSSR count). The first-order chi connectivity index (χ1) is 11.4. The van der Waals surface area contributed by atoms with Gasteiger partial charge < -0.3 is 10.2 Å². The Balaban J connectivity index is 1.96. The third-order valence-electron chi connectivity index (χ3n) is 4.07. The SMILES string of the molecule is O=C(O)CC1CCc2nc(-c3cc(F)c(O)c(F)c3)ccc2C1=O. The molecule has 0 spiro atoms. The van der Waals surface area contributed by atoms with Crippen LogP contribution < -0.4 is 0 Å². The second kappa shape index (κ2) is 5.99. The van der Waals surface area contributed by atoms with E-state index < -0.39 is 29.3 Å². The van der Waals surface area contributed by atoms with Crippen LogP contribution in [0.4, 0.5) is 8.78 Å². The minimum atomic E-state index is -1.10. The van der Waals surface area contributed by atoms with Crippen LogP contribution in [0, 0.1) is 17.6 Å². The summed E-state index contributed by atoms with van der Waals surface area (Å²) in [5, 5.41) is 18.0. The van der Waals surface area contributed by atoms with Gasteiger partial charge in [0.25, 0.3) is 0 Å². The number of halogens is 2. The summed E-state index contributed by atoms with van der Waals surface area (Å²) in [5.41, 5.74) is 1.24. The number of phenols is 1. The van der Waals surface area contributed by atoms with Crippen molar-refractivity contribution in [3.05, 3.63) is 47.2 Å². The highest BCUT2D eigenvalue weighted by molar-refractivity contribution is 6.01. The zero-order valence-corrected chi connectivity index (χ0v) is 12.4. The van der Waals surface area contributed by atoms with Gasteiger partial charge in [-0.2, -0.15) is 0 Å². The number of carbonyl (C=O) groups excluding carboxylic acids is 1. The van der Waals surface area contributed by atoms with Gasteiger partial charge in [0.2, 0.25) is 0 Å². The Labute approximate surface area is 135 Å². The fourth-order valence-electron chi connectivity index (χ4n) is 2.86. The molecule has 0 bridgehead atoms. The Morgan fingerprint density at radius 3 is 2.54 bits per heavy atom. The number of benzene rings is 1. The maximum Gasteiger partial charge on any atom is 0.304 e. The normalized spacial score (nSPS) is 16.8. The van der Waals surface area contributed by atoms with E-state index in [-0.39, 0.29) is 23.5 Å². The third kappa shape index (κ3) is 2.84. The van der Waals surface area contributed by atoms with Crippen LogP contribution in [0.2, 0.25) is 0 Å². The maximum absolute atomic E-state index is 13.5. The van der Waals surface area contributed by atoms with Crippen molar-refractivity contribution in [2.24, 2.45) is 5.92 Å². The molecule has 5 nitrogen and oxygen atoms in total. The second-order valence-corrected chi connectivity index (χ2v) is 5.68. The molecule has 1 aliphatic rings. The van der Waals surface area contributed by atoms with E-state index in [0.29, 0.717) is 24.1 Å². The van der Waals surface area contributed by atoms with Gasteiger partial charge in [-0.05, 0) is 37.1 Å². The molecule has 0 saturated heterocycles. The first kappa shape index (κ1) is 16.0. The number of hydrogen-bond acceptors (Lipinski definition) is 4. The predicted octanol–water partition coefficient (Wildman–Crippen LogP) is 2.95. The summed E-state index contributed by atoms with van der Waals surface area (Å²) < 4.78 is 26.9. The highest BCUT2D eigenvalue weighted by atomic mass is 19.1. The van der Waals surface area contributed by atoms with Crippen LogP contribution in [-0.2, 0) is 11.2 Å². The Kier molecular flexibility index (Phi) is 4.01. The van der Waals surface area contributed by atoms with Gasteiger partial charge in [0.15, 0.2) is 23.2 Å². The van der Waals surface area contributed by atoms with E-state index in [0.717, 1.165) is 12.1 Å². The molecule has 0 aliphatic heterocycles. The zero-order chi connectivity index (χ0) is 17.4. The number of pyridine rings is 1. The molecule has 124 valence electrons. The fraction of sp³-hybridized carbons (Fsp3) is 0.235. The summed E-state index contributed by atoms with van der Waals surface area (Å²) in [6.45, 7) is 0. The molecule has 1 aromatic heterocycles. The molecule has 0 saturated carbocycles. The monoisotopic (exact) mass is 333 g/mol. The van der Waals surface area contributed by atoms with E-state index >= 15 is 0 Å². The molecular weight excluding hydrogens is 320 g/mol. The summed E-state index contributed by atoms with van der Waals surface area (Å²) in [6, 6.07) is 4.87. The number of fused-ring (bicyclic) bond motifs is 1. The predicted molar refractivity (Wildman–Crippen MR) is 79.6 cm³/mol. The molecule has 0 radical (unpaired) electrons. The smallest absolute Gasteiger partial charge is 0.304 e. The number of carboxylic acid groups (broad SMARTS) is 1. The topological polar surface area (TPSA) is 87.5 Å². The minimum absolute atomic E-state index is 0.144. The molecule has 0 fully saturated rings. The van der Waals surface area contributed by atoms with Crippen molar-refractivity contribution in [2.45, 2.75) is 19.3 Å². The number of aryl methyl sites for hydroxylation is 1. The molecule has 2 N–H and O–H groups in total. The minimum Gasteiger partial charge on any atom is -0.503 e. The zero-order valence-electron chi connectivity index (χ0n) is 12.4. The number of phenolic OH excluding ortho intramolecular Hbond substituents is 1. The lowest BCUT2D eigenvalue weighted by Gasteiger charge is -2.21. The van der Waals surface area contributed by atoms with E-state index in [1.165, 1.54) is 12.1 Å². The average Bonchev–Trinajstić information content (AvgIpc) is 2.54. The maximum atomic E-state index is 13.5. The van der Waals surface area contributed by atoms with Crippen molar-refractivity contribution in [2.75, 3.05) is 0 Å². The van der Waals surface area contributed by atoms with Crippen LogP contribution in [0.3, 0.4) is 0 Å². The van der Waals surface area contributed by atoms with Crippen molar-refractivity contribution in [1.29, 1.82) is 0 Å². The number of aromatic nitrogens is 1. The Hall–Kier alpha value is -2.83. The highest BCUT2D eigenvalue weighted by Gasteiger charge is 2.30. The van der Waals surface area contributed by atoms with Gasteiger partial charge in [-0.25, -0.2) is 8.78 Å². The summed E-state index contributed by atoms with van der Waals surface area (Å²) in [4.78, 5) is 27.4. The van der Waals surface area contributed by atoms with Crippen LogP contribution in [0.1, 0.15) is 28.9 Å². The van der Waals surface area contributed by atoms with Gasteiger partial charge in [-0.3, -0.25) is 14.6 Å². The molecule has 2 aromatic rings. The molecule has 1 unspecified atom stereocenters. The standard InChI is InChI=1S/C17H13F2NO4/c18-11-5-9(6-12(19)17(11)24)13-4-2-10-14(20-13)3-1-8(16(10)23)7-15(21)22/h2,4-6,8,24H,1,3,7H2,(H,21,22). The van der Waals surface area contributed by atoms with Crippen LogP contribution in [0.5, 0.6) is 5.75 Å². The summed E-state index contributed by atoms with van der Waals surface area (Å²) in [5.74, 6) is -5.13. The number of aromatic hydroxyl groups is 1. The number of carbonyl (C=O) groups is 2. The van der Waals surface area contributed by atoms with Crippen molar-refractivity contribution in [3.8, 4) is 17.0 Å². The lowest BCUT2D eigenvalue weighted by Crippen LogP contribution is -2.25.